The number of piperazine rings is 1. The van der Waals surface area contributed by atoms with Crippen molar-refractivity contribution in [3.8, 4) is 0 Å². The van der Waals surface area contributed by atoms with E-state index < -0.39 is 0 Å². The van der Waals surface area contributed by atoms with Crippen molar-refractivity contribution in [2.75, 3.05) is 39.3 Å². The van der Waals surface area contributed by atoms with Gasteiger partial charge < -0.3 is 15.0 Å². The van der Waals surface area contributed by atoms with E-state index in [0.717, 1.165) is 5.56 Å². The molecular weight excluding hydrogens is 318 g/mol. The highest BCUT2D eigenvalue weighted by molar-refractivity contribution is 5.78. The van der Waals surface area contributed by atoms with Gasteiger partial charge in [0.05, 0.1) is 19.2 Å². The minimum Gasteiger partial charge on any atom is -0.450 e. The standard InChI is InChI=1S/C19H29N3O3/c1-4-25-19(24)22-12-10-21(11-13-22)14-17(23)20-18(15(2)3)16-8-6-5-7-9-16/h5-9,15,18H,4,10-14H2,1-3H3,(H,20,23). The number of carbonyl (C=O) groups excluding carboxylic acids is 2. The first kappa shape index (κ1) is 19.2. The second-order valence-electron chi connectivity index (χ2n) is 6.66. The van der Waals surface area contributed by atoms with Crippen LogP contribution in [0.4, 0.5) is 4.79 Å². The molecule has 0 spiro atoms. The average molecular weight is 347 g/mol. The van der Waals surface area contributed by atoms with E-state index in [1.54, 1.807) is 11.8 Å². The molecule has 1 heterocycles. The Morgan fingerprint density at radius 3 is 2.32 bits per heavy atom. The normalized spacial score (nSPS) is 16.6. The summed E-state index contributed by atoms with van der Waals surface area (Å²) in [7, 11) is 0. The van der Waals surface area contributed by atoms with E-state index >= 15 is 0 Å². The fourth-order valence-electron chi connectivity index (χ4n) is 3.02. The third-order valence-electron chi connectivity index (χ3n) is 4.41. The Balaban J connectivity index is 1.83. The zero-order chi connectivity index (χ0) is 18.2. The molecule has 1 unspecified atom stereocenters. The number of ether oxygens (including phenoxy) is 1. The number of amides is 2. The van der Waals surface area contributed by atoms with Crippen LogP contribution >= 0.6 is 0 Å². The monoisotopic (exact) mass is 347 g/mol. The van der Waals surface area contributed by atoms with Crippen LogP contribution in [0.2, 0.25) is 0 Å². The van der Waals surface area contributed by atoms with Crippen molar-refractivity contribution in [2.24, 2.45) is 5.92 Å². The molecule has 0 saturated carbocycles. The van der Waals surface area contributed by atoms with Gasteiger partial charge in [-0.2, -0.15) is 0 Å². The molecule has 138 valence electrons. The molecule has 1 aromatic rings. The minimum absolute atomic E-state index is 0.00882. The molecule has 2 rings (SSSR count). The number of carbonyl (C=O) groups is 2. The summed E-state index contributed by atoms with van der Waals surface area (Å²) in [5, 5.41) is 3.15. The van der Waals surface area contributed by atoms with Gasteiger partial charge in [-0.15, -0.1) is 0 Å². The Morgan fingerprint density at radius 1 is 1.12 bits per heavy atom. The van der Waals surface area contributed by atoms with Crippen LogP contribution in [0.1, 0.15) is 32.4 Å². The Kier molecular flexibility index (Phi) is 7.25. The van der Waals surface area contributed by atoms with E-state index in [-0.39, 0.29) is 18.0 Å². The molecule has 25 heavy (non-hydrogen) atoms. The molecule has 0 bridgehead atoms. The van der Waals surface area contributed by atoms with Crippen LogP contribution in [-0.4, -0.2) is 61.1 Å². The smallest absolute Gasteiger partial charge is 0.409 e. The van der Waals surface area contributed by atoms with Crippen molar-refractivity contribution < 1.29 is 14.3 Å². The maximum atomic E-state index is 12.5. The topological polar surface area (TPSA) is 61.9 Å². The Hall–Kier alpha value is -2.08. The summed E-state index contributed by atoms with van der Waals surface area (Å²) in [5.41, 5.74) is 1.12. The number of nitrogens with one attached hydrogen (secondary N) is 1. The fraction of sp³-hybridized carbons (Fsp3) is 0.579. The second kappa shape index (κ2) is 9.42. The van der Waals surface area contributed by atoms with E-state index in [2.05, 4.69) is 24.1 Å². The van der Waals surface area contributed by atoms with Gasteiger partial charge in [-0.1, -0.05) is 44.2 Å². The van der Waals surface area contributed by atoms with Gasteiger partial charge in [0.2, 0.25) is 5.91 Å². The van der Waals surface area contributed by atoms with Gasteiger partial charge in [0, 0.05) is 26.2 Å². The molecule has 1 fully saturated rings. The molecule has 0 aliphatic carbocycles. The van der Waals surface area contributed by atoms with Crippen molar-refractivity contribution in [3.05, 3.63) is 35.9 Å². The number of hydrogen-bond donors (Lipinski definition) is 1. The summed E-state index contributed by atoms with van der Waals surface area (Å²) >= 11 is 0. The summed E-state index contributed by atoms with van der Waals surface area (Å²) in [5.74, 6) is 0.333. The zero-order valence-electron chi connectivity index (χ0n) is 15.4. The lowest BCUT2D eigenvalue weighted by Gasteiger charge is -2.34. The first-order valence-corrected chi connectivity index (χ1v) is 8.99. The molecule has 1 aromatic carbocycles. The predicted octanol–water partition coefficient (Wildman–Crippen LogP) is 2.27. The lowest BCUT2D eigenvalue weighted by Crippen LogP contribution is -2.51. The molecule has 0 radical (unpaired) electrons. The second-order valence-corrected chi connectivity index (χ2v) is 6.66. The number of benzene rings is 1. The molecule has 1 aliphatic rings. The molecule has 1 N–H and O–H groups in total. The van der Waals surface area contributed by atoms with Gasteiger partial charge in [0.15, 0.2) is 0 Å². The van der Waals surface area contributed by atoms with Crippen molar-refractivity contribution in [1.29, 1.82) is 0 Å². The van der Waals surface area contributed by atoms with Crippen LogP contribution in [0.25, 0.3) is 0 Å². The maximum Gasteiger partial charge on any atom is 0.409 e. The summed E-state index contributed by atoms with van der Waals surface area (Å²) in [4.78, 5) is 27.9. The molecule has 1 aliphatic heterocycles. The van der Waals surface area contributed by atoms with Crippen molar-refractivity contribution in [2.45, 2.75) is 26.8 Å². The van der Waals surface area contributed by atoms with Crippen molar-refractivity contribution >= 4 is 12.0 Å². The molecule has 1 atom stereocenters. The average Bonchev–Trinajstić information content (AvgIpc) is 2.61. The maximum absolute atomic E-state index is 12.5. The van der Waals surface area contributed by atoms with Crippen LogP contribution in [0, 0.1) is 5.92 Å². The molecule has 6 heteroatoms. The van der Waals surface area contributed by atoms with E-state index in [1.807, 2.05) is 30.3 Å². The fourth-order valence-corrected chi connectivity index (χ4v) is 3.02. The highest BCUT2D eigenvalue weighted by atomic mass is 16.6. The van der Waals surface area contributed by atoms with E-state index in [9.17, 15) is 9.59 Å². The van der Waals surface area contributed by atoms with Gasteiger partial charge in [-0.25, -0.2) is 4.79 Å². The first-order chi connectivity index (χ1) is 12.0. The third kappa shape index (κ3) is 5.74. The largest absolute Gasteiger partial charge is 0.450 e. The molecule has 1 saturated heterocycles. The lowest BCUT2D eigenvalue weighted by atomic mass is 9.96. The van der Waals surface area contributed by atoms with E-state index in [4.69, 9.17) is 4.74 Å². The number of nitrogens with zero attached hydrogens (tertiary/aromatic N) is 2. The van der Waals surface area contributed by atoms with Crippen LogP contribution in [0.3, 0.4) is 0 Å². The molecule has 0 aromatic heterocycles. The van der Waals surface area contributed by atoms with Crippen LogP contribution in [-0.2, 0) is 9.53 Å². The van der Waals surface area contributed by atoms with Gasteiger partial charge >= 0.3 is 6.09 Å². The number of rotatable bonds is 6. The highest BCUT2D eigenvalue weighted by Gasteiger charge is 2.24. The summed E-state index contributed by atoms with van der Waals surface area (Å²) < 4.78 is 5.01. The number of hydrogen-bond acceptors (Lipinski definition) is 4. The first-order valence-electron chi connectivity index (χ1n) is 8.99. The zero-order valence-corrected chi connectivity index (χ0v) is 15.4. The van der Waals surface area contributed by atoms with Gasteiger partial charge in [0.25, 0.3) is 0 Å². The summed E-state index contributed by atoms with van der Waals surface area (Å²) in [6.07, 6.45) is -0.268. The molecule has 2 amide bonds. The van der Waals surface area contributed by atoms with Crippen molar-refractivity contribution in [3.63, 3.8) is 0 Å². The summed E-state index contributed by atoms with van der Waals surface area (Å²) in [6.45, 7) is 9.32. The minimum atomic E-state index is -0.268. The predicted molar refractivity (Wildman–Crippen MR) is 97.2 cm³/mol. The van der Waals surface area contributed by atoms with Crippen LogP contribution in [0.15, 0.2) is 30.3 Å². The molecular formula is C19H29N3O3. The van der Waals surface area contributed by atoms with E-state index in [1.165, 1.54) is 0 Å². The van der Waals surface area contributed by atoms with E-state index in [0.29, 0.717) is 45.2 Å². The van der Waals surface area contributed by atoms with Crippen molar-refractivity contribution in [1.82, 2.24) is 15.1 Å². The lowest BCUT2D eigenvalue weighted by molar-refractivity contribution is -0.123. The Labute approximate surface area is 150 Å². The van der Waals surface area contributed by atoms with Gasteiger partial charge in [-0.05, 0) is 18.4 Å². The Morgan fingerprint density at radius 2 is 1.76 bits per heavy atom. The molecule has 6 nitrogen and oxygen atoms in total. The highest BCUT2D eigenvalue weighted by Crippen LogP contribution is 2.21. The SMILES string of the molecule is CCOC(=O)N1CCN(CC(=O)NC(c2ccccc2)C(C)C)CC1. The summed E-state index contributed by atoms with van der Waals surface area (Å²) in [6, 6.07) is 10.1. The third-order valence-corrected chi connectivity index (χ3v) is 4.41. The van der Waals surface area contributed by atoms with Crippen LogP contribution in [0.5, 0.6) is 0 Å². The van der Waals surface area contributed by atoms with Gasteiger partial charge in [-0.3, -0.25) is 9.69 Å². The van der Waals surface area contributed by atoms with Crippen LogP contribution < -0.4 is 5.32 Å². The Bertz CT molecular complexity index is 554. The quantitative estimate of drug-likeness (QED) is 0.857. The van der Waals surface area contributed by atoms with Gasteiger partial charge in [0.1, 0.15) is 0 Å².